The Morgan fingerprint density at radius 3 is 2.63 bits per heavy atom. The van der Waals surface area contributed by atoms with Crippen LogP contribution < -0.4 is 15.2 Å². The molecule has 3 aromatic heterocycles. The van der Waals surface area contributed by atoms with Gasteiger partial charge in [-0.1, -0.05) is 23.5 Å². The molecule has 0 bridgehead atoms. The molecule has 35 heavy (non-hydrogen) atoms. The van der Waals surface area contributed by atoms with E-state index in [0.29, 0.717) is 10.3 Å². The minimum atomic E-state index is -0.0971. The Morgan fingerprint density at radius 1 is 1.06 bits per heavy atom. The number of anilines is 1. The predicted octanol–water partition coefficient (Wildman–Crippen LogP) is 3.06. The van der Waals surface area contributed by atoms with Crippen molar-refractivity contribution in [3.8, 4) is 11.4 Å². The highest BCUT2D eigenvalue weighted by molar-refractivity contribution is 7.22. The molecular weight excluding hydrogens is 462 g/mol. The second-order valence-electron chi connectivity index (χ2n) is 8.73. The monoisotopic (exact) mass is 487 g/mol. The molecule has 1 aliphatic rings. The summed E-state index contributed by atoms with van der Waals surface area (Å²) in [6.45, 7) is 4.50. The normalized spacial score (nSPS) is 14.7. The molecule has 5 aromatic rings. The molecule has 178 valence electrons. The number of hydrogen-bond donors (Lipinski definition) is 0. The third-order valence-electron chi connectivity index (χ3n) is 6.40. The highest BCUT2D eigenvalue weighted by Crippen LogP contribution is 2.27. The minimum absolute atomic E-state index is 0.0971. The van der Waals surface area contributed by atoms with Crippen molar-refractivity contribution >= 4 is 37.7 Å². The number of rotatable bonds is 5. The lowest BCUT2D eigenvalue weighted by molar-refractivity contribution is 0.250. The summed E-state index contributed by atoms with van der Waals surface area (Å²) < 4.78 is 9.18. The highest BCUT2D eigenvalue weighted by atomic mass is 32.1. The van der Waals surface area contributed by atoms with Crippen LogP contribution in [0.25, 0.3) is 26.9 Å². The fraction of sp³-hybridized carbons (Fsp3) is 0.280. The molecule has 1 fully saturated rings. The number of piperazine rings is 1. The molecule has 9 nitrogen and oxygen atoms in total. The summed E-state index contributed by atoms with van der Waals surface area (Å²) >= 11 is 1.43. The molecule has 0 saturated carbocycles. The predicted molar refractivity (Wildman–Crippen MR) is 138 cm³/mol. The number of aryl methyl sites for hydroxylation is 1. The summed E-state index contributed by atoms with van der Waals surface area (Å²) in [7, 11) is 3.57. The van der Waals surface area contributed by atoms with Gasteiger partial charge in [-0.2, -0.15) is 10.1 Å². The second-order valence-corrected chi connectivity index (χ2v) is 9.70. The molecule has 4 heterocycles. The largest absolute Gasteiger partial charge is 0.497 e. The van der Waals surface area contributed by atoms with Crippen molar-refractivity contribution in [2.45, 2.75) is 6.54 Å². The van der Waals surface area contributed by atoms with Gasteiger partial charge in [-0.25, -0.2) is 4.98 Å². The summed E-state index contributed by atoms with van der Waals surface area (Å²) in [6, 6.07) is 14.0. The van der Waals surface area contributed by atoms with Gasteiger partial charge in [-0.05, 0) is 35.9 Å². The minimum Gasteiger partial charge on any atom is -0.497 e. The van der Waals surface area contributed by atoms with Crippen LogP contribution in [-0.2, 0) is 13.6 Å². The van der Waals surface area contributed by atoms with Crippen LogP contribution in [0.1, 0.15) is 5.56 Å². The molecule has 0 spiro atoms. The van der Waals surface area contributed by atoms with Gasteiger partial charge in [-0.3, -0.25) is 18.9 Å². The van der Waals surface area contributed by atoms with Gasteiger partial charge in [-0.15, -0.1) is 0 Å². The van der Waals surface area contributed by atoms with Crippen molar-refractivity contribution in [2.75, 3.05) is 38.2 Å². The molecule has 10 heteroatoms. The van der Waals surface area contributed by atoms with Crippen molar-refractivity contribution in [1.29, 1.82) is 0 Å². The number of nitrogens with zero attached hydrogens (tertiary/aromatic N) is 7. The molecule has 0 unspecified atom stereocenters. The van der Waals surface area contributed by atoms with Crippen LogP contribution in [0.3, 0.4) is 0 Å². The molecular formula is C25H25N7O2S. The number of methoxy groups -OCH3 is 1. The van der Waals surface area contributed by atoms with Crippen LogP contribution in [-0.4, -0.2) is 62.5 Å². The van der Waals surface area contributed by atoms with Gasteiger partial charge in [0.25, 0.3) is 5.56 Å². The average molecular weight is 488 g/mol. The molecule has 1 aliphatic heterocycles. The number of benzene rings is 2. The fourth-order valence-corrected chi connectivity index (χ4v) is 5.50. The van der Waals surface area contributed by atoms with Gasteiger partial charge in [0.1, 0.15) is 16.8 Å². The first-order valence-electron chi connectivity index (χ1n) is 11.5. The van der Waals surface area contributed by atoms with Crippen LogP contribution in [0.2, 0.25) is 0 Å². The van der Waals surface area contributed by atoms with Crippen LogP contribution in [0.4, 0.5) is 5.13 Å². The Labute approximate surface area is 205 Å². The lowest BCUT2D eigenvalue weighted by Gasteiger charge is -2.34. The number of aromatic nitrogens is 5. The van der Waals surface area contributed by atoms with Crippen molar-refractivity contribution in [3.63, 3.8) is 0 Å². The number of thiazole rings is 1. The molecule has 0 N–H and O–H groups in total. The maximum atomic E-state index is 13.3. The Bertz CT molecular complexity index is 1560. The van der Waals surface area contributed by atoms with E-state index >= 15 is 0 Å². The third kappa shape index (κ3) is 4.15. The van der Waals surface area contributed by atoms with Gasteiger partial charge in [0.2, 0.25) is 0 Å². The van der Waals surface area contributed by atoms with Gasteiger partial charge >= 0.3 is 0 Å². The van der Waals surface area contributed by atoms with Crippen molar-refractivity contribution in [2.24, 2.45) is 7.05 Å². The lowest BCUT2D eigenvalue weighted by atomic mass is 10.2. The third-order valence-corrected chi connectivity index (χ3v) is 7.49. The molecule has 0 aliphatic carbocycles. The van der Waals surface area contributed by atoms with E-state index in [-0.39, 0.29) is 5.56 Å². The van der Waals surface area contributed by atoms with Crippen LogP contribution in [0, 0.1) is 0 Å². The Balaban J connectivity index is 1.19. The van der Waals surface area contributed by atoms with Crippen molar-refractivity contribution in [3.05, 3.63) is 70.9 Å². The number of fused-ring (bicyclic) bond motifs is 2. The van der Waals surface area contributed by atoms with Gasteiger partial charge in [0.05, 0.1) is 18.3 Å². The van der Waals surface area contributed by atoms with E-state index in [1.165, 1.54) is 16.9 Å². The quantitative estimate of drug-likeness (QED) is 0.377. The van der Waals surface area contributed by atoms with Gasteiger partial charge in [0.15, 0.2) is 10.8 Å². The standard InChI is InChI=1S/C25H25N7O2S/c1-29-15-18-13-19(5-8-21(18)28-29)32-16-26-23-22(24(32)33)35-25(27-23)31-11-9-30(10-12-31)14-17-3-6-20(34-2)7-4-17/h3-8,13,15-16H,9-12,14H2,1-2H3. The summed E-state index contributed by atoms with van der Waals surface area (Å²) in [5.74, 6) is 0.875. The maximum absolute atomic E-state index is 13.3. The number of hydrogen-bond acceptors (Lipinski definition) is 8. The molecule has 1 saturated heterocycles. The summed E-state index contributed by atoms with van der Waals surface area (Å²) in [5, 5.41) is 6.24. The first kappa shape index (κ1) is 21.8. The zero-order valence-corrected chi connectivity index (χ0v) is 20.4. The highest BCUT2D eigenvalue weighted by Gasteiger charge is 2.21. The molecule has 0 radical (unpaired) electrons. The maximum Gasteiger partial charge on any atom is 0.277 e. The van der Waals surface area contributed by atoms with E-state index in [2.05, 4.69) is 37.0 Å². The van der Waals surface area contributed by atoms with Gasteiger partial charge in [0, 0.05) is 51.4 Å². The van der Waals surface area contributed by atoms with Crippen LogP contribution in [0.5, 0.6) is 5.75 Å². The fourth-order valence-electron chi connectivity index (χ4n) is 4.49. The molecule has 0 amide bonds. The van der Waals surface area contributed by atoms with Crippen molar-refractivity contribution < 1.29 is 4.74 Å². The molecule has 0 atom stereocenters. The van der Waals surface area contributed by atoms with E-state index in [0.717, 1.165) is 60.2 Å². The average Bonchev–Trinajstić information content (AvgIpc) is 3.48. The second kappa shape index (κ2) is 8.79. The summed E-state index contributed by atoms with van der Waals surface area (Å²) in [5.41, 5.74) is 3.35. The zero-order valence-electron chi connectivity index (χ0n) is 19.6. The van der Waals surface area contributed by atoms with Crippen molar-refractivity contribution in [1.82, 2.24) is 29.2 Å². The topological polar surface area (TPSA) is 81.3 Å². The van der Waals surface area contributed by atoms with E-state index in [9.17, 15) is 4.79 Å². The SMILES string of the molecule is COc1ccc(CN2CCN(c3nc4ncn(-c5ccc6nn(C)cc6c5)c(=O)c4s3)CC2)cc1. The molecule has 6 rings (SSSR count). The summed E-state index contributed by atoms with van der Waals surface area (Å²) in [6.07, 6.45) is 3.51. The Morgan fingerprint density at radius 2 is 1.86 bits per heavy atom. The van der Waals surface area contributed by atoms with E-state index in [1.54, 1.807) is 22.7 Å². The lowest BCUT2D eigenvalue weighted by Crippen LogP contribution is -2.45. The Kier molecular flexibility index (Phi) is 5.46. The van der Waals surface area contributed by atoms with Crippen LogP contribution in [0.15, 0.2) is 59.8 Å². The summed E-state index contributed by atoms with van der Waals surface area (Å²) in [4.78, 5) is 27.2. The first-order valence-corrected chi connectivity index (χ1v) is 12.3. The van der Waals surface area contributed by atoms with E-state index in [4.69, 9.17) is 4.74 Å². The van der Waals surface area contributed by atoms with E-state index < -0.39 is 0 Å². The molecule has 2 aromatic carbocycles. The first-order chi connectivity index (χ1) is 17.1. The van der Waals surface area contributed by atoms with Crippen LogP contribution >= 0.6 is 11.3 Å². The number of ether oxygens (including phenoxy) is 1. The smallest absolute Gasteiger partial charge is 0.277 e. The van der Waals surface area contributed by atoms with E-state index in [1.807, 2.05) is 43.6 Å². The zero-order chi connectivity index (χ0) is 23.9. The van der Waals surface area contributed by atoms with Gasteiger partial charge < -0.3 is 9.64 Å². The Hall–Kier alpha value is -3.76.